The van der Waals surface area contributed by atoms with Crippen LogP contribution in [0, 0.1) is 12.7 Å². The number of aryl methyl sites for hydroxylation is 1. The number of carbonyl (C=O) groups excluding carboxylic acids is 1. The van der Waals surface area contributed by atoms with Crippen LogP contribution in [-0.4, -0.2) is 23.8 Å². The van der Waals surface area contributed by atoms with Crippen LogP contribution < -0.4 is 5.43 Å². The van der Waals surface area contributed by atoms with Crippen molar-refractivity contribution in [1.29, 1.82) is 0 Å². The minimum Gasteiger partial charge on any atom is -0.462 e. The topological polar surface area (TPSA) is 63.6 Å². The lowest BCUT2D eigenvalue weighted by Crippen LogP contribution is -2.03. The van der Waals surface area contributed by atoms with Gasteiger partial charge in [-0.25, -0.2) is 14.2 Å². The Labute approximate surface area is 135 Å². The largest absolute Gasteiger partial charge is 0.462 e. The van der Waals surface area contributed by atoms with E-state index in [2.05, 4.69) is 15.5 Å². The van der Waals surface area contributed by atoms with Gasteiger partial charge in [-0.2, -0.15) is 5.10 Å². The number of thiazole rings is 1. The van der Waals surface area contributed by atoms with E-state index in [0.29, 0.717) is 22.3 Å². The number of carbonyl (C=O) groups is 1. The molecule has 116 valence electrons. The molecule has 1 heterocycles. The van der Waals surface area contributed by atoms with Crippen molar-refractivity contribution in [2.75, 3.05) is 12.0 Å². The van der Waals surface area contributed by atoms with Gasteiger partial charge in [0.05, 0.1) is 23.5 Å². The summed E-state index contributed by atoms with van der Waals surface area (Å²) in [6.45, 7) is 3.73. The van der Waals surface area contributed by atoms with Crippen molar-refractivity contribution in [3.8, 4) is 0 Å². The van der Waals surface area contributed by atoms with Crippen molar-refractivity contribution in [1.82, 2.24) is 4.98 Å². The third-order valence-corrected chi connectivity index (χ3v) is 3.98. The number of anilines is 1. The van der Waals surface area contributed by atoms with Crippen molar-refractivity contribution >= 4 is 40.3 Å². The number of hydrogen-bond donors (Lipinski definition) is 1. The van der Waals surface area contributed by atoms with Crippen LogP contribution in [0.4, 0.5) is 9.52 Å². The average molecular weight is 342 g/mol. The molecule has 0 saturated heterocycles. The molecule has 0 atom stereocenters. The van der Waals surface area contributed by atoms with Crippen LogP contribution in [0.3, 0.4) is 0 Å². The van der Waals surface area contributed by atoms with Gasteiger partial charge in [-0.1, -0.05) is 29.0 Å². The SMILES string of the molecule is CCOC(=O)c1sc(N/N=C\c2c(F)cccc2Cl)nc1C. The van der Waals surface area contributed by atoms with Gasteiger partial charge in [0, 0.05) is 5.56 Å². The van der Waals surface area contributed by atoms with Gasteiger partial charge in [-0.3, -0.25) is 5.43 Å². The molecular formula is C14H13ClFN3O2S. The molecule has 0 saturated carbocycles. The molecule has 1 N–H and O–H groups in total. The Morgan fingerprint density at radius 1 is 1.59 bits per heavy atom. The van der Waals surface area contributed by atoms with Crippen LogP contribution in [-0.2, 0) is 4.74 Å². The van der Waals surface area contributed by atoms with Crippen LogP contribution in [0.15, 0.2) is 23.3 Å². The molecule has 5 nitrogen and oxygen atoms in total. The highest BCUT2D eigenvalue weighted by atomic mass is 35.5. The van der Waals surface area contributed by atoms with E-state index < -0.39 is 11.8 Å². The molecule has 0 aliphatic heterocycles. The summed E-state index contributed by atoms with van der Waals surface area (Å²) in [5.74, 6) is -0.896. The average Bonchev–Trinajstić information content (AvgIpc) is 2.83. The summed E-state index contributed by atoms with van der Waals surface area (Å²) in [6, 6.07) is 4.37. The number of hydrogen-bond acceptors (Lipinski definition) is 6. The molecule has 22 heavy (non-hydrogen) atoms. The lowest BCUT2D eigenvalue weighted by atomic mass is 10.2. The summed E-state index contributed by atoms with van der Waals surface area (Å²) < 4.78 is 18.5. The third-order valence-electron chi connectivity index (χ3n) is 2.61. The number of esters is 1. The second-order valence-electron chi connectivity index (χ2n) is 4.16. The second kappa shape index (κ2) is 7.33. The highest BCUT2D eigenvalue weighted by Crippen LogP contribution is 2.23. The Bertz CT molecular complexity index is 698. The van der Waals surface area contributed by atoms with Crippen LogP contribution >= 0.6 is 22.9 Å². The quantitative estimate of drug-likeness (QED) is 0.509. The van der Waals surface area contributed by atoms with E-state index in [1.807, 2.05) is 0 Å². The van der Waals surface area contributed by atoms with E-state index in [-0.39, 0.29) is 10.6 Å². The maximum absolute atomic E-state index is 13.6. The zero-order valence-electron chi connectivity index (χ0n) is 11.9. The predicted molar refractivity (Wildman–Crippen MR) is 85.4 cm³/mol. The van der Waals surface area contributed by atoms with Crippen LogP contribution in [0.25, 0.3) is 0 Å². The van der Waals surface area contributed by atoms with Crippen molar-refractivity contribution in [2.45, 2.75) is 13.8 Å². The number of nitrogens with one attached hydrogen (secondary N) is 1. The Hall–Kier alpha value is -1.99. The fourth-order valence-electron chi connectivity index (χ4n) is 1.62. The van der Waals surface area contributed by atoms with E-state index in [9.17, 15) is 9.18 Å². The maximum Gasteiger partial charge on any atom is 0.350 e. The Morgan fingerprint density at radius 2 is 2.36 bits per heavy atom. The van der Waals surface area contributed by atoms with Gasteiger partial charge in [-0.15, -0.1) is 0 Å². The fraction of sp³-hybridized carbons (Fsp3) is 0.214. The van der Waals surface area contributed by atoms with Crippen molar-refractivity contribution in [2.24, 2.45) is 5.10 Å². The standard InChI is InChI=1S/C14H13ClFN3O2S/c1-3-21-13(20)12-8(2)18-14(22-12)19-17-7-9-10(15)5-4-6-11(9)16/h4-7H,3H2,1-2H3,(H,18,19)/b17-7-. The molecule has 1 aromatic carbocycles. The molecule has 8 heteroatoms. The summed E-state index contributed by atoms with van der Waals surface area (Å²) in [7, 11) is 0. The number of aromatic nitrogens is 1. The molecule has 0 spiro atoms. The Balaban J connectivity index is 2.11. The Kier molecular flexibility index (Phi) is 5.46. The number of rotatable bonds is 5. The molecule has 2 aromatic rings. The molecule has 0 unspecified atom stereocenters. The number of hydrazone groups is 1. The van der Waals surface area contributed by atoms with E-state index in [1.165, 1.54) is 18.3 Å². The second-order valence-corrected chi connectivity index (χ2v) is 5.57. The van der Waals surface area contributed by atoms with Gasteiger partial charge >= 0.3 is 5.97 Å². The lowest BCUT2D eigenvalue weighted by Gasteiger charge is -1.99. The molecule has 1 aromatic heterocycles. The van der Waals surface area contributed by atoms with Crippen LogP contribution in [0.1, 0.15) is 27.9 Å². The minimum atomic E-state index is -0.472. The highest BCUT2D eigenvalue weighted by molar-refractivity contribution is 7.17. The first-order valence-corrected chi connectivity index (χ1v) is 7.60. The number of halogens is 2. The van der Waals surface area contributed by atoms with E-state index in [4.69, 9.17) is 16.3 Å². The monoisotopic (exact) mass is 341 g/mol. The molecule has 0 aliphatic rings. The number of benzene rings is 1. The van der Waals surface area contributed by atoms with Crippen molar-refractivity contribution in [3.05, 3.63) is 45.2 Å². The van der Waals surface area contributed by atoms with Gasteiger partial charge in [-0.05, 0) is 26.0 Å². The van der Waals surface area contributed by atoms with Crippen molar-refractivity contribution < 1.29 is 13.9 Å². The first kappa shape index (κ1) is 16.4. The molecule has 0 bridgehead atoms. The van der Waals surface area contributed by atoms with Gasteiger partial charge in [0.1, 0.15) is 10.7 Å². The molecular weight excluding hydrogens is 329 g/mol. The number of nitrogens with zero attached hydrogens (tertiary/aromatic N) is 2. The van der Waals surface area contributed by atoms with Gasteiger partial charge in [0.25, 0.3) is 0 Å². The van der Waals surface area contributed by atoms with E-state index in [1.54, 1.807) is 19.9 Å². The molecule has 0 amide bonds. The van der Waals surface area contributed by atoms with Crippen molar-refractivity contribution in [3.63, 3.8) is 0 Å². The minimum absolute atomic E-state index is 0.176. The Morgan fingerprint density at radius 3 is 3.05 bits per heavy atom. The third kappa shape index (κ3) is 3.80. The summed E-state index contributed by atoms with van der Waals surface area (Å²) >= 11 is 7.00. The maximum atomic E-state index is 13.6. The summed E-state index contributed by atoms with van der Waals surface area (Å²) in [6.07, 6.45) is 1.26. The number of ether oxygens (including phenoxy) is 1. The molecule has 0 fully saturated rings. The fourth-order valence-corrected chi connectivity index (χ4v) is 2.64. The van der Waals surface area contributed by atoms with Gasteiger partial charge in [0.15, 0.2) is 0 Å². The van der Waals surface area contributed by atoms with Crippen LogP contribution in [0.5, 0.6) is 0 Å². The first-order chi connectivity index (χ1) is 10.5. The normalized spacial score (nSPS) is 10.9. The van der Waals surface area contributed by atoms with E-state index >= 15 is 0 Å². The molecule has 2 rings (SSSR count). The molecule has 0 aliphatic carbocycles. The van der Waals surface area contributed by atoms with Gasteiger partial charge < -0.3 is 4.74 Å². The predicted octanol–water partition coefficient (Wildman–Crippen LogP) is 3.87. The zero-order chi connectivity index (χ0) is 16.1. The smallest absolute Gasteiger partial charge is 0.350 e. The van der Waals surface area contributed by atoms with Crippen LogP contribution in [0.2, 0.25) is 5.02 Å². The summed E-state index contributed by atoms with van der Waals surface area (Å²) in [4.78, 5) is 16.2. The molecule has 0 radical (unpaired) electrons. The lowest BCUT2D eigenvalue weighted by molar-refractivity contribution is 0.0531. The van der Waals surface area contributed by atoms with E-state index in [0.717, 1.165) is 11.3 Å². The zero-order valence-corrected chi connectivity index (χ0v) is 13.5. The highest BCUT2D eigenvalue weighted by Gasteiger charge is 2.16. The first-order valence-electron chi connectivity index (χ1n) is 6.40. The van der Waals surface area contributed by atoms with Gasteiger partial charge in [0.2, 0.25) is 5.13 Å². The summed E-state index contributed by atoms with van der Waals surface area (Å²) in [5.41, 5.74) is 3.37. The summed E-state index contributed by atoms with van der Waals surface area (Å²) in [5, 5.41) is 4.55.